The normalized spacial score (nSPS) is 10.5. The van der Waals surface area contributed by atoms with Crippen LogP contribution in [-0.2, 0) is 6.42 Å². The molecule has 0 spiro atoms. The Hall–Kier alpha value is -2.41. The summed E-state index contributed by atoms with van der Waals surface area (Å²) >= 11 is 0. The van der Waals surface area contributed by atoms with Crippen molar-refractivity contribution < 1.29 is 0 Å². The number of aryl methyl sites for hydroxylation is 1. The second kappa shape index (κ2) is 6.36. The maximum absolute atomic E-state index is 4.22. The van der Waals surface area contributed by atoms with Crippen molar-refractivity contribution in [2.75, 3.05) is 0 Å². The number of aromatic nitrogens is 1. The Morgan fingerprint density at radius 3 is 2.33 bits per heavy atom. The average molecular weight is 273 g/mol. The van der Waals surface area contributed by atoms with E-state index < -0.39 is 0 Å². The fraction of sp³-hybridized carbons (Fsp3) is 0.150. The van der Waals surface area contributed by atoms with E-state index in [4.69, 9.17) is 0 Å². The lowest BCUT2D eigenvalue weighted by Crippen LogP contribution is -1.91. The molecular weight excluding hydrogens is 254 g/mol. The maximum Gasteiger partial charge on any atom is 0.0346 e. The zero-order valence-corrected chi connectivity index (χ0v) is 12.3. The van der Waals surface area contributed by atoms with E-state index in [0.717, 1.165) is 12.8 Å². The van der Waals surface area contributed by atoms with Gasteiger partial charge in [0.15, 0.2) is 0 Å². The zero-order chi connectivity index (χ0) is 14.5. The molecule has 104 valence electrons. The molecule has 0 saturated carbocycles. The SMILES string of the molecule is CCCc1cc(-c2cccnc2)ccc1-c1ccccc1. The van der Waals surface area contributed by atoms with Gasteiger partial charge in [0.1, 0.15) is 0 Å². The second-order valence-electron chi connectivity index (χ2n) is 5.23. The van der Waals surface area contributed by atoms with Gasteiger partial charge in [-0.05, 0) is 40.3 Å². The minimum atomic E-state index is 1.10. The van der Waals surface area contributed by atoms with Crippen LogP contribution in [0.1, 0.15) is 18.9 Å². The van der Waals surface area contributed by atoms with Crippen molar-refractivity contribution in [2.45, 2.75) is 19.8 Å². The molecule has 0 aliphatic carbocycles. The molecule has 21 heavy (non-hydrogen) atoms. The van der Waals surface area contributed by atoms with Gasteiger partial charge in [-0.3, -0.25) is 4.98 Å². The molecule has 0 bridgehead atoms. The Labute approximate surface area is 126 Å². The standard InChI is InChI=1S/C20H19N/c1-2-7-18-14-17(19-10-6-13-21-15-19)11-12-20(18)16-8-4-3-5-9-16/h3-6,8-15H,2,7H2,1H3. The van der Waals surface area contributed by atoms with Gasteiger partial charge in [-0.25, -0.2) is 0 Å². The third-order valence-electron chi connectivity index (χ3n) is 3.70. The van der Waals surface area contributed by atoms with Crippen LogP contribution in [0.5, 0.6) is 0 Å². The molecule has 1 aromatic heterocycles. The summed E-state index contributed by atoms with van der Waals surface area (Å²) in [7, 11) is 0. The highest BCUT2D eigenvalue weighted by Crippen LogP contribution is 2.29. The first-order valence-corrected chi connectivity index (χ1v) is 7.47. The summed E-state index contributed by atoms with van der Waals surface area (Å²) in [5, 5.41) is 0. The number of nitrogens with zero attached hydrogens (tertiary/aromatic N) is 1. The van der Waals surface area contributed by atoms with E-state index in [1.807, 2.05) is 18.5 Å². The van der Waals surface area contributed by atoms with Crippen molar-refractivity contribution in [2.24, 2.45) is 0 Å². The van der Waals surface area contributed by atoms with Crippen molar-refractivity contribution in [1.82, 2.24) is 4.98 Å². The monoisotopic (exact) mass is 273 g/mol. The van der Waals surface area contributed by atoms with Crippen LogP contribution in [0.4, 0.5) is 0 Å². The van der Waals surface area contributed by atoms with Crippen molar-refractivity contribution >= 4 is 0 Å². The van der Waals surface area contributed by atoms with Gasteiger partial charge in [-0.2, -0.15) is 0 Å². The molecule has 2 aromatic carbocycles. The van der Waals surface area contributed by atoms with E-state index >= 15 is 0 Å². The molecule has 1 nitrogen and oxygen atoms in total. The predicted molar refractivity (Wildman–Crippen MR) is 89.1 cm³/mol. The van der Waals surface area contributed by atoms with Gasteiger partial charge in [0, 0.05) is 12.4 Å². The van der Waals surface area contributed by atoms with Crippen LogP contribution in [0.25, 0.3) is 22.3 Å². The van der Waals surface area contributed by atoms with Crippen LogP contribution in [0.15, 0.2) is 73.1 Å². The molecule has 0 amide bonds. The highest BCUT2D eigenvalue weighted by molar-refractivity contribution is 5.73. The largest absolute Gasteiger partial charge is 0.264 e. The number of hydrogen-bond donors (Lipinski definition) is 0. The number of pyridine rings is 1. The summed E-state index contributed by atoms with van der Waals surface area (Å²) in [6.07, 6.45) is 5.98. The summed E-state index contributed by atoms with van der Waals surface area (Å²) in [6.45, 7) is 2.23. The van der Waals surface area contributed by atoms with Gasteiger partial charge in [0.2, 0.25) is 0 Å². The fourth-order valence-corrected chi connectivity index (χ4v) is 2.68. The lowest BCUT2D eigenvalue weighted by Gasteiger charge is -2.12. The molecule has 0 unspecified atom stereocenters. The highest BCUT2D eigenvalue weighted by atomic mass is 14.6. The Balaban J connectivity index is 2.07. The van der Waals surface area contributed by atoms with Crippen LogP contribution in [-0.4, -0.2) is 4.98 Å². The molecule has 0 aliphatic heterocycles. The van der Waals surface area contributed by atoms with E-state index in [1.54, 1.807) is 0 Å². The molecule has 1 heteroatoms. The van der Waals surface area contributed by atoms with Gasteiger partial charge >= 0.3 is 0 Å². The maximum atomic E-state index is 4.22. The minimum Gasteiger partial charge on any atom is -0.264 e. The van der Waals surface area contributed by atoms with Gasteiger partial charge in [0.05, 0.1) is 0 Å². The van der Waals surface area contributed by atoms with Crippen LogP contribution in [0.3, 0.4) is 0 Å². The van der Waals surface area contributed by atoms with Gasteiger partial charge in [0.25, 0.3) is 0 Å². The molecular formula is C20H19N. The van der Waals surface area contributed by atoms with E-state index in [9.17, 15) is 0 Å². The molecule has 0 radical (unpaired) electrons. The van der Waals surface area contributed by atoms with Gasteiger partial charge in [-0.15, -0.1) is 0 Å². The molecule has 0 atom stereocenters. The first-order valence-electron chi connectivity index (χ1n) is 7.47. The van der Waals surface area contributed by atoms with E-state index in [0.29, 0.717) is 0 Å². The quantitative estimate of drug-likeness (QED) is 0.623. The molecule has 3 aromatic rings. The zero-order valence-electron chi connectivity index (χ0n) is 12.3. The molecule has 0 saturated heterocycles. The summed E-state index contributed by atoms with van der Waals surface area (Å²) in [6, 6.07) is 21.5. The van der Waals surface area contributed by atoms with E-state index in [1.165, 1.54) is 27.8 Å². The smallest absolute Gasteiger partial charge is 0.0346 e. The Kier molecular flexibility index (Phi) is 4.11. The molecule has 0 aliphatic rings. The lowest BCUT2D eigenvalue weighted by atomic mass is 9.93. The van der Waals surface area contributed by atoms with Crippen molar-refractivity contribution in [3.8, 4) is 22.3 Å². The van der Waals surface area contributed by atoms with E-state index in [-0.39, 0.29) is 0 Å². The number of rotatable bonds is 4. The topological polar surface area (TPSA) is 12.9 Å². The Morgan fingerprint density at radius 1 is 0.810 bits per heavy atom. The van der Waals surface area contributed by atoms with Gasteiger partial charge in [-0.1, -0.05) is 67.9 Å². The number of hydrogen-bond acceptors (Lipinski definition) is 1. The van der Waals surface area contributed by atoms with Crippen LogP contribution in [0.2, 0.25) is 0 Å². The predicted octanol–water partition coefficient (Wildman–Crippen LogP) is 5.37. The summed E-state index contributed by atoms with van der Waals surface area (Å²) < 4.78 is 0. The fourth-order valence-electron chi connectivity index (χ4n) is 2.68. The summed E-state index contributed by atoms with van der Waals surface area (Å²) in [5.41, 5.74) is 6.45. The summed E-state index contributed by atoms with van der Waals surface area (Å²) in [5.74, 6) is 0. The van der Waals surface area contributed by atoms with Crippen LogP contribution in [0, 0.1) is 0 Å². The van der Waals surface area contributed by atoms with E-state index in [2.05, 4.69) is 66.5 Å². The number of benzene rings is 2. The highest BCUT2D eigenvalue weighted by Gasteiger charge is 2.07. The lowest BCUT2D eigenvalue weighted by molar-refractivity contribution is 0.924. The summed E-state index contributed by atoms with van der Waals surface area (Å²) in [4.78, 5) is 4.22. The Bertz CT molecular complexity index is 702. The molecule has 3 rings (SSSR count). The minimum absolute atomic E-state index is 1.10. The van der Waals surface area contributed by atoms with Crippen LogP contribution >= 0.6 is 0 Å². The van der Waals surface area contributed by atoms with Crippen molar-refractivity contribution in [3.05, 3.63) is 78.6 Å². The molecule has 0 fully saturated rings. The first kappa shape index (κ1) is 13.6. The molecule has 0 N–H and O–H groups in total. The second-order valence-corrected chi connectivity index (χ2v) is 5.23. The average Bonchev–Trinajstić information content (AvgIpc) is 2.57. The third-order valence-corrected chi connectivity index (χ3v) is 3.70. The van der Waals surface area contributed by atoms with Gasteiger partial charge < -0.3 is 0 Å². The Morgan fingerprint density at radius 2 is 1.62 bits per heavy atom. The van der Waals surface area contributed by atoms with Crippen LogP contribution < -0.4 is 0 Å². The first-order chi connectivity index (χ1) is 10.4. The third kappa shape index (κ3) is 3.03. The van der Waals surface area contributed by atoms with Crippen molar-refractivity contribution in [1.29, 1.82) is 0 Å². The molecule has 1 heterocycles. The van der Waals surface area contributed by atoms with Crippen molar-refractivity contribution in [3.63, 3.8) is 0 Å².